The quantitative estimate of drug-likeness (QED) is 0.222. The molecule has 200 valence electrons. The number of hydrogen-bond donors (Lipinski definition) is 2. The minimum Gasteiger partial charge on any atom is -0.354 e. The van der Waals surface area contributed by atoms with Crippen LogP contribution in [0, 0.1) is 0 Å². The van der Waals surface area contributed by atoms with Gasteiger partial charge < -0.3 is 10.6 Å². The van der Waals surface area contributed by atoms with Gasteiger partial charge in [-0.15, -0.1) is 0 Å². The van der Waals surface area contributed by atoms with Gasteiger partial charge in [0.2, 0.25) is 22.4 Å². The van der Waals surface area contributed by atoms with Gasteiger partial charge in [0.1, 0.15) is 12.4 Å². The van der Waals surface area contributed by atoms with E-state index in [4.69, 9.17) is 9.98 Å². The largest absolute Gasteiger partial charge is 0.354 e. The average Bonchev–Trinajstić information content (AvgIpc) is 3.05. The van der Waals surface area contributed by atoms with Crippen LogP contribution < -0.4 is 19.8 Å². The number of aromatic nitrogens is 2. The van der Waals surface area contributed by atoms with E-state index < -0.39 is 0 Å². The summed E-state index contributed by atoms with van der Waals surface area (Å²) in [5, 5.41) is 9.30. The van der Waals surface area contributed by atoms with Crippen molar-refractivity contribution >= 4 is 68.4 Å². The number of allylic oxidation sites excluding steroid dienone is 2. The first-order chi connectivity index (χ1) is 20.8. The van der Waals surface area contributed by atoms with Crippen molar-refractivity contribution < 1.29 is 9.13 Å². The molecule has 4 aromatic carbocycles. The molecule has 1 aliphatic heterocycles. The Balaban J connectivity index is 1.39. The highest BCUT2D eigenvalue weighted by Crippen LogP contribution is 2.27. The van der Waals surface area contributed by atoms with E-state index in [2.05, 4.69) is 80.7 Å². The molecule has 6 nitrogen and oxygen atoms in total. The fraction of sp³-hybridized carbons (Fsp3) is 0. The lowest BCUT2D eigenvalue weighted by atomic mass is 10.2. The summed E-state index contributed by atoms with van der Waals surface area (Å²) in [6.07, 6.45) is 11.8. The molecule has 0 bridgehead atoms. The highest BCUT2D eigenvalue weighted by molar-refractivity contribution is 6.03. The SMILES string of the molecule is C1=Nc2ccccc2N/C=C(/[n+]2cccc3ccccc32)C=Nc2ccccc2N/C=C\1[n+]1cccc2ccccc21. The lowest BCUT2D eigenvalue weighted by Crippen LogP contribution is -2.34. The zero-order chi connectivity index (χ0) is 28.1. The van der Waals surface area contributed by atoms with E-state index in [0.717, 1.165) is 55.9 Å². The molecule has 6 aromatic rings. The number of rotatable bonds is 2. The molecule has 0 saturated carbocycles. The zero-order valence-corrected chi connectivity index (χ0v) is 22.8. The molecule has 0 amide bonds. The molecule has 2 aromatic heterocycles. The molecule has 0 radical (unpaired) electrons. The number of hydrogen-bond acceptors (Lipinski definition) is 4. The van der Waals surface area contributed by atoms with Crippen LogP contribution in [0.3, 0.4) is 0 Å². The van der Waals surface area contributed by atoms with Gasteiger partial charge in [-0.25, -0.2) is 9.98 Å². The van der Waals surface area contributed by atoms with E-state index in [-0.39, 0.29) is 0 Å². The highest BCUT2D eigenvalue weighted by Gasteiger charge is 2.16. The van der Waals surface area contributed by atoms with Gasteiger partial charge in [0.15, 0.2) is 12.4 Å². The van der Waals surface area contributed by atoms with Gasteiger partial charge in [-0.3, -0.25) is 0 Å². The standard InChI is InChI=1S/C36H28N6/c1-7-19-35-27(11-1)13-9-21-41(35)29-23-37-31-15-3-5-17-33(31)39-25-30(26-40-34-18-6-4-16-32(34)38-24-29)42-22-10-14-28-12-2-8-20-36(28)42/h1-26,37,40H/q+2/b29-23+,30-26+,38-24?,39-25?. The summed E-state index contributed by atoms with van der Waals surface area (Å²) in [5.74, 6) is 0. The number of pyridine rings is 2. The lowest BCUT2D eigenvalue weighted by molar-refractivity contribution is -0.546. The molecular weight excluding hydrogens is 516 g/mol. The van der Waals surface area contributed by atoms with Crippen molar-refractivity contribution in [3.63, 3.8) is 0 Å². The molecule has 0 saturated heterocycles. The number of para-hydroxylation sites is 6. The molecule has 0 aliphatic carbocycles. The van der Waals surface area contributed by atoms with Gasteiger partial charge >= 0.3 is 0 Å². The number of benzene rings is 4. The van der Waals surface area contributed by atoms with Crippen LogP contribution in [0.5, 0.6) is 0 Å². The van der Waals surface area contributed by atoms with Crippen molar-refractivity contribution in [2.75, 3.05) is 10.6 Å². The summed E-state index contributed by atoms with van der Waals surface area (Å²) in [6, 6.07) is 41.0. The predicted molar refractivity (Wildman–Crippen MR) is 173 cm³/mol. The molecule has 0 unspecified atom stereocenters. The minimum absolute atomic E-state index is 0.817. The first-order valence-electron chi connectivity index (χ1n) is 13.8. The van der Waals surface area contributed by atoms with Crippen LogP contribution in [0.25, 0.3) is 33.2 Å². The molecule has 3 heterocycles. The normalized spacial score (nSPS) is 15.7. The van der Waals surface area contributed by atoms with Gasteiger partial charge in [-0.05, 0) is 48.5 Å². The Labute approximate surface area is 244 Å². The zero-order valence-electron chi connectivity index (χ0n) is 22.8. The summed E-state index contributed by atoms with van der Waals surface area (Å²) in [7, 11) is 0. The van der Waals surface area contributed by atoms with Crippen LogP contribution in [-0.4, -0.2) is 12.4 Å². The van der Waals surface area contributed by atoms with Crippen LogP contribution >= 0.6 is 0 Å². The maximum absolute atomic E-state index is 4.96. The fourth-order valence-corrected chi connectivity index (χ4v) is 5.10. The number of fused-ring (bicyclic) bond motifs is 4. The third-order valence-electron chi connectivity index (χ3n) is 7.20. The third-order valence-corrected chi connectivity index (χ3v) is 7.20. The second kappa shape index (κ2) is 11.3. The van der Waals surface area contributed by atoms with E-state index in [1.165, 1.54) is 0 Å². The third kappa shape index (κ3) is 5.05. The predicted octanol–water partition coefficient (Wildman–Crippen LogP) is 7.51. The van der Waals surface area contributed by atoms with Crippen molar-refractivity contribution in [1.29, 1.82) is 0 Å². The number of nitrogens with one attached hydrogen (secondary N) is 2. The minimum atomic E-state index is 0.817. The number of aliphatic imine (C=N–C) groups is 2. The second-order valence-electron chi connectivity index (χ2n) is 9.85. The first-order valence-corrected chi connectivity index (χ1v) is 13.8. The van der Waals surface area contributed by atoms with Crippen LogP contribution in [0.15, 0.2) is 156 Å². The number of anilines is 2. The van der Waals surface area contributed by atoms with Crippen molar-refractivity contribution in [2.45, 2.75) is 0 Å². The summed E-state index contributed by atoms with van der Waals surface area (Å²) >= 11 is 0. The van der Waals surface area contributed by atoms with Gasteiger partial charge in [-0.1, -0.05) is 48.5 Å². The second-order valence-corrected chi connectivity index (χ2v) is 9.85. The molecule has 0 spiro atoms. The van der Waals surface area contributed by atoms with Crippen molar-refractivity contribution in [2.24, 2.45) is 9.98 Å². The monoisotopic (exact) mass is 544 g/mol. The van der Waals surface area contributed by atoms with Gasteiger partial charge in [0.05, 0.1) is 35.1 Å². The smallest absolute Gasteiger partial charge is 0.245 e. The van der Waals surface area contributed by atoms with E-state index >= 15 is 0 Å². The van der Waals surface area contributed by atoms with Crippen molar-refractivity contribution in [1.82, 2.24) is 0 Å². The van der Waals surface area contributed by atoms with E-state index in [9.17, 15) is 0 Å². The molecule has 42 heavy (non-hydrogen) atoms. The fourth-order valence-electron chi connectivity index (χ4n) is 5.10. The van der Waals surface area contributed by atoms with E-state index in [0.29, 0.717) is 0 Å². The van der Waals surface area contributed by atoms with Gasteiger partial charge in [-0.2, -0.15) is 9.13 Å². The molecule has 6 heteroatoms. The Bertz CT molecular complexity index is 1890. The average molecular weight is 545 g/mol. The van der Waals surface area contributed by atoms with E-state index in [1.807, 2.05) is 97.6 Å². The Morgan fingerprint density at radius 3 is 1.33 bits per heavy atom. The van der Waals surface area contributed by atoms with E-state index in [1.54, 1.807) is 0 Å². The number of nitrogens with zero attached hydrogens (tertiary/aromatic N) is 4. The molecule has 2 N–H and O–H groups in total. The molecule has 0 atom stereocenters. The van der Waals surface area contributed by atoms with Crippen LogP contribution in [0.1, 0.15) is 0 Å². The Hall–Kier alpha value is -5.88. The van der Waals surface area contributed by atoms with Crippen molar-refractivity contribution in [3.05, 3.63) is 146 Å². The molecule has 0 fully saturated rings. The molecular formula is C36H28N6+2. The summed E-state index contributed by atoms with van der Waals surface area (Å²) in [5.41, 5.74) is 7.31. The lowest BCUT2D eigenvalue weighted by Gasteiger charge is -2.09. The molecule has 1 aliphatic rings. The highest BCUT2D eigenvalue weighted by atomic mass is 15.0. The maximum Gasteiger partial charge on any atom is 0.245 e. The topological polar surface area (TPSA) is 56.5 Å². The van der Waals surface area contributed by atoms with Crippen molar-refractivity contribution in [3.8, 4) is 0 Å². The van der Waals surface area contributed by atoms with Crippen LogP contribution in [-0.2, 0) is 0 Å². The Morgan fingerprint density at radius 2 is 0.833 bits per heavy atom. The molecule has 7 rings (SSSR count). The first kappa shape index (κ1) is 25.1. The van der Waals surface area contributed by atoms with Gasteiger partial charge in [0.25, 0.3) is 0 Å². The summed E-state index contributed by atoms with van der Waals surface area (Å²) in [4.78, 5) is 9.91. The Kier molecular flexibility index (Phi) is 6.76. The summed E-state index contributed by atoms with van der Waals surface area (Å²) in [6.45, 7) is 0. The maximum atomic E-state index is 4.96. The van der Waals surface area contributed by atoms with Crippen LogP contribution in [0.4, 0.5) is 22.7 Å². The Morgan fingerprint density at radius 1 is 0.429 bits per heavy atom. The van der Waals surface area contributed by atoms with Crippen LogP contribution in [0.2, 0.25) is 0 Å². The van der Waals surface area contributed by atoms with Gasteiger partial charge in [0, 0.05) is 35.0 Å². The summed E-state index contributed by atoms with van der Waals surface area (Å²) < 4.78 is 4.27.